The van der Waals surface area contributed by atoms with Crippen molar-refractivity contribution in [2.45, 2.75) is 27.0 Å². The predicted octanol–water partition coefficient (Wildman–Crippen LogP) is 2.21. The van der Waals surface area contributed by atoms with Crippen LogP contribution < -0.4 is 5.32 Å². The summed E-state index contributed by atoms with van der Waals surface area (Å²) in [5, 5.41) is 3.29. The number of guanidine groups is 1. The maximum Gasteiger partial charge on any atom is 0.409 e. The van der Waals surface area contributed by atoms with Crippen LogP contribution in [0.4, 0.5) is 9.18 Å². The van der Waals surface area contributed by atoms with Crippen molar-refractivity contribution in [2.75, 3.05) is 46.4 Å². The van der Waals surface area contributed by atoms with Gasteiger partial charge in [0.1, 0.15) is 5.82 Å². The Morgan fingerprint density at radius 2 is 1.93 bits per heavy atom. The van der Waals surface area contributed by atoms with Crippen molar-refractivity contribution in [1.29, 1.82) is 0 Å². The number of halogens is 1. The number of carbonyl (C=O) groups is 1. The van der Waals surface area contributed by atoms with Gasteiger partial charge in [0.05, 0.1) is 19.8 Å². The van der Waals surface area contributed by atoms with E-state index >= 15 is 0 Å². The Labute approximate surface area is 160 Å². The van der Waals surface area contributed by atoms with E-state index in [0.29, 0.717) is 44.9 Å². The molecule has 0 aliphatic carbocycles. The van der Waals surface area contributed by atoms with E-state index in [1.54, 1.807) is 31.1 Å². The summed E-state index contributed by atoms with van der Waals surface area (Å²) < 4.78 is 23.8. The van der Waals surface area contributed by atoms with E-state index in [1.807, 2.05) is 6.92 Å². The van der Waals surface area contributed by atoms with E-state index in [0.717, 1.165) is 18.1 Å². The molecule has 1 aliphatic heterocycles. The minimum atomic E-state index is -0.272. The number of aliphatic imine (C=N–C) groups is 1. The first kappa shape index (κ1) is 21.0. The minimum absolute atomic E-state index is 0.235. The summed E-state index contributed by atoms with van der Waals surface area (Å²) in [4.78, 5) is 20.3. The zero-order valence-corrected chi connectivity index (χ0v) is 16.3. The Bertz CT molecular complexity index is 646. The molecule has 1 aromatic rings. The third-order valence-electron chi connectivity index (χ3n) is 4.26. The maximum absolute atomic E-state index is 13.7. The summed E-state index contributed by atoms with van der Waals surface area (Å²) in [6.45, 7) is 8.18. The predicted molar refractivity (Wildman–Crippen MR) is 102 cm³/mol. The van der Waals surface area contributed by atoms with Crippen LogP contribution in [0.1, 0.15) is 25.0 Å². The molecule has 0 atom stereocenters. The van der Waals surface area contributed by atoms with E-state index < -0.39 is 0 Å². The molecule has 27 heavy (non-hydrogen) atoms. The molecule has 1 aromatic carbocycles. The van der Waals surface area contributed by atoms with Crippen LogP contribution in [-0.2, 0) is 22.6 Å². The lowest BCUT2D eigenvalue weighted by Crippen LogP contribution is -2.53. The van der Waals surface area contributed by atoms with Gasteiger partial charge in [-0.2, -0.15) is 0 Å². The zero-order chi connectivity index (χ0) is 19.6. The molecule has 0 bridgehead atoms. The first-order chi connectivity index (χ1) is 13.1. The highest BCUT2D eigenvalue weighted by atomic mass is 19.1. The number of hydrogen-bond acceptors (Lipinski definition) is 4. The summed E-state index contributed by atoms with van der Waals surface area (Å²) in [6.07, 6.45) is -0.268. The highest BCUT2D eigenvalue weighted by molar-refractivity contribution is 5.80. The van der Waals surface area contributed by atoms with Gasteiger partial charge in [0.15, 0.2) is 5.96 Å². The van der Waals surface area contributed by atoms with Crippen molar-refractivity contribution in [1.82, 2.24) is 15.1 Å². The fraction of sp³-hybridized carbons (Fsp3) is 0.579. The van der Waals surface area contributed by atoms with Crippen LogP contribution in [0.3, 0.4) is 0 Å². The number of piperazine rings is 1. The number of nitrogens with one attached hydrogen (secondary N) is 1. The fourth-order valence-corrected chi connectivity index (χ4v) is 2.90. The number of methoxy groups -OCH3 is 1. The second-order valence-corrected chi connectivity index (χ2v) is 6.20. The number of nitrogens with zero attached hydrogens (tertiary/aromatic N) is 3. The Morgan fingerprint density at radius 3 is 2.56 bits per heavy atom. The van der Waals surface area contributed by atoms with Gasteiger partial charge in [-0.1, -0.05) is 6.07 Å². The van der Waals surface area contributed by atoms with Gasteiger partial charge in [0.25, 0.3) is 0 Å². The van der Waals surface area contributed by atoms with Crippen molar-refractivity contribution in [3.63, 3.8) is 0 Å². The summed E-state index contributed by atoms with van der Waals surface area (Å²) in [5.74, 6) is 0.519. The van der Waals surface area contributed by atoms with Crippen molar-refractivity contribution >= 4 is 12.1 Å². The van der Waals surface area contributed by atoms with Crippen LogP contribution in [0, 0.1) is 5.82 Å². The van der Waals surface area contributed by atoms with Crippen LogP contribution in [-0.4, -0.2) is 68.3 Å². The Kier molecular flexibility index (Phi) is 8.32. The first-order valence-corrected chi connectivity index (χ1v) is 9.30. The van der Waals surface area contributed by atoms with Crippen molar-refractivity contribution < 1.29 is 18.7 Å². The maximum atomic E-state index is 13.7. The van der Waals surface area contributed by atoms with Crippen LogP contribution in [0.5, 0.6) is 0 Å². The molecule has 8 heteroatoms. The SMILES string of the molecule is CCNC(=NCc1ccc(F)c(COC)c1)N1CCN(C(=O)OCC)CC1. The molecular weight excluding hydrogens is 351 g/mol. The van der Waals surface area contributed by atoms with Gasteiger partial charge < -0.3 is 24.6 Å². The van der Waals surface area contributed by atoms with E-state index in [2.05, 4.69) is 15.2 Å². The number of rotatable bonds is 6. The molecule has 1 fully saturated rings. The van der Waals surface area contributed by atoms with E-state index in [9.17, 15) is 9.18 Å². The largest absolute Gasteiger partial charge is 0.450 e. The molecule has 1 amide bonds. The number of ether oxygens (including phenoxy) is 2. The summed E-state index contributed by atoms with van der Waals surface area (Å²) in [6, 6.07) is 4.97. The third-order valence-corrected chi connectivity index (χ3v) is 4.26. The smallest absolute Gasteiger partial charge is 0.409 e. The molecule has 0 aromatic heterocycles. The molecule has 1 aliphatic rings. The van der Waals surface area contributed by atoms with Crippen molar-refractivity contribution in [3.8, 4) is 0 Å². The molecule has 0 spiro atoms. The monoisotopic (exact) mass is 380 g/mol. The van der Waals surface area contributed by atoms with Gasteiger partial charge in [0.2, 0.25) is 0 Å². The van der Waals surface area contributed by atoms with Gasteiger partial charge in [-0.15, -0.1) is 0 Å². The summed E-state index contributed by atoms with van der Waals surface area (Å²) in [7, 11) is 1.55. The summed E-state index contributed by atoms with van der Waals surface area (Å²) >= 11 is 0. The van der Waals surface area contributed by atoms with Crippen LogP contribution >= 0.6 is 0 Å². The molecule has 2 rings (SSSR count). The van der Waals surface area contributed by atoms with Gasteiger partial charge >= 0.3 is 6.09 Å². The lowest BCUT2D eigenvalue weighted by atomic mass is 10.1. The molecule has 0 unspecified atom stereocenters. The highest BCUT2D eigenvalue weighted by Gasteiger charge is 2.23. The standard InChI is InChI=1S/C19H29FN4O3/c1-4-21-18(23-8-10-24(11-9-23)19(25)27-5-2)22-13-15-6-7-17(20)16(12-15)14-26-3/h6-7,12H,4-5,8-11,13-14H2,1-3H3,(H,21,22). The quantitative estimate of drug-likeness (QED) is 0.605. The van der Waals surface area contributed by atoms with Crippen molar-refractivity contribution in [2.24, 2.45) is 4.99 Å². The molecule has 150 valence electrons. The van der Waals surface area contributed by atoms with Crippen LogP contribution in [0.15, 0.2) is 23.2 Å². The lowest BCUT2D eigenvalue weighted by Gasteiger charge is -2.35. The van der Waals surface area contributed by atoms with Gasteiger partial charge in [-0.05, 0) is 31.5 Å². The van der Waals surface area contributed by atoms with Crippen LogP contribution in [0.2, 0.25) is 0 Å². The molecule has 1 saturated heterocycles. The average molecular weight is 380 g/mol. The van der Waals surface area contributed by atoms with E-state index in [4.69, 9.17) is 9.47 Å². The number of carbonyl (C=O) groups excluding carboxylic acids is 1. The molecule has 0 radical (unpaired) electrons. The molecule has 1 N–H and O–H groups in total. The molecule has 7 nitrogen and oxygen atoms in total. The number of hydrogen-bond donors (Lipinski definition) is 1. The number of benzene rings is 1. The molecule has 0 saturated carbocycles. The molecular formula is C19H29FN4O3. The molecule has 1 heterocycles. The first-order valence-electron chi connectivity index (χ1n) is 9.30. The normalized spacial score (nSPS) is 15.0. The number of amides is 1. The van der Waals surface area contributed by atoms with Crippen LogP contribution in [0.25, 0.3) is 0 Å². The highest BCUT2D eigenvalue weighted by Crippen LogP contribution is 2.13. The van der Waals surface area contributed by atoms with Crippen molar-refractivity contribution in [3.05, 3.63) is 35.1 Å². The Morgan fingerprint density at radius 1 is 1.22 bits per heavy atom. The zero-order valence-electron chi connectivity index (χ0n) is 16.3. The summed E-state index contributed by atoms with van der Waals surface area (Å²) in [5.41, 5.74) is 1.45. The second kappa shape index (κ2) is 10.7. The van der Waals surface area contributed by atoms with Gasteiger partial charge in [0, 0.05) is 45.4 Å². The van der Waals surface area contributed by atoms with Gasteiger partial charge in [-0.25, -0.2) is 14.2 Å². The van der Waals surface area contributed by atoms with E-state index in [1.165, 1.54) is 6.07 Å². The lowest BCUT2D eigenvalue weighted by molar-refractivity contribution is 0.0914. The second-order valence-electron chi connectivity index (χ2n) is 6.20. The Hall–Kier alpha value is -2.35. The topological polar surface area (TPSA) is 66.4 Å². The third kappa shape index (κ3) is 6.09. The Balaban J connectivity index is 2.00. The van der Waals surface area contributed by atoms with Gasteiger partial charge in [-0.3, -0.25) is 0 Å². The fourth-order valence-electron chi connectivity index (χ4n) is 2.90. The van der Waals surface area contributed by atoms with E-state index in [-0.39, 0.29) is 18.5 Å². The minimum Gasteiger partial charge on any atom is -0.450 e. The average Bonchev–Trinajstić information content (AvgIpc) is 2.68.